The van der Waals surface area contributed by atoms with Crippen molar-refractivity contribution in [3.63, 3.8) is 0 Å². The van der Waals surface area contributed by atoms with Gasteiger partial charge in [-0.15, -0.1) is 12.4 Å². The van der Waals surface area contributed by atoms with E-state index >= 15 is 0 Å². The molecule has 152 valence electrons. The number of hydrogen-bond donors (Lipinski definition) is 2. The van der Waals surface area contributed by atoms with Gasteiger partial charge in [-0.3, -0.25) is 9.52 Å². The van der Waals surface area contributed by atoms with Crippen LogP contribution < -0.4 is 10.5 Å². The highest BCUT2D eigenvalue weighted by atomic mass is 35.5. The van der Waals surface area contributed by atoms with Crippen LogP contribution in [0, 0.1) is 11.7 Å². The first-order valence-corrected chi connectivity index (χ1v) is 10.5. The van der Waals surface area contributed by atoms with Crippen molar-refractivity contribution in [3.8, 4) is 0 Å². The van der Waals surface area contributed by atoms with Crippen LogP contribution in [-0.4, -0.2) is 45.1 Å². The number of nitrogens with one attached hydrogen (secondary N) is 1. The third-order valence-corrected chi connectivity index (χ3v) is 5.36. The number of carbonyl (C=O) groups excluding carboxylic acids is 1. The second-order valence-electron chi connectivity index (χ2n) is 6.79. The number of sulfonamides is 1. The summed E-state index contributed by atoms with van der Waals surface area (Å²) in [6.45, 7) is 1.46. The summed E-state index contributed by atoms with van der Waals surface area (Å²) in [5.41, 5.74) is 7.03. The predicted molar refractivity (Wildman–Crippen MR) is 110 cm³/mol. The van der Waals surface area contributed by atoms with Crippen LogP contribution in [0.15, 0.2) is 48.5 Å². The molecule has 0 aliphatic carbocycles. The number of nitrogens with zero attached hydrogens (tertiary/aromatic N) is 1. The lowest BCUT2D eigenvalue weighted by molar-refractivity contribution is 0.0786. The summed E-state index contributed by atoms with van der Waals surface area (Å²) in [4.78, 5) is 14.6. The highest BCUT2D eigenvalue weighted by Gasteiger charge is 2.35. The zero-order chi connectivity index (χ0) is 19.6. The number of carbonyl (C=O) groups is 1. The van der Waals surface area contributed by atoms with E-state index in [0.29, 0.717) is 19.6 Å². The van der Waals surface area contributed by atoms with Crippen molar-refractivity contribution in [3.05, 3.63) is 65.5 Å². The Labute approximate surface area is 170 Å². The maximum absolute atomic E-state index is 13.9. The van der Waals surface area contributed by atoms with Gasteiger partial charge in [-0.05, 0) is 36.2 Å². The van der Waals surface area contributed by atoms with Crippen LogP contribution >= 0.6 is 12.4 Å². The number of hydrogen-bond acceptors (Lipinski definition) is 4. The molecule has 2 aromatic carbocycles. The molecule has 0 bridgehead atoms. The van der Waals surface area contributed by atoms with Crippen LogP contribution in [0.3, 0.4) is 0 Å². The third-order valence-electron chi connectivity index (χ3n) is 4.77. The molecule has 0 aromatic heterocycles. The van der Waals surface area contributed by atoms with E-state index in [1.165, 1.54) is 12.1 Å². The van der Waals surface area contributed by atoms with Gasteiger partial charge in [0.1, 0.15) is 5.82 Å². The summed E-state index contributed by atoms with van der Waals surface area (Å²) in [5.74, 6) is -0.747. The van der Waals surface area contributed by atoms with Crippen molar-refractivity contribution in [2.45, 2.75) is 5.92 Å². The van der Waals surface area contributed by atoms with Gasteiger partial charge in [-0.25, -0.2) is 12.8 Å². The highest BCUT2D eigenvalue weighted by Crippen LogP contribution is 2.33. The minimum Gasteiger partial charge on any atom is -0.338 e. The monoisotopic (exact) mass is 427 g/mol. The summed E-state index contributed by atoms with van der Waals surface area (Å²) in [5, 5.41) is 0. The summed E-state index contributed by atoms with van der Waals surface area (Å²) >= 11 is 0. The first kappa shape index (κ1) is 22.1. The fraction of sp³-hybridized carbons (Fsp3) is 0.316. The molecule has 1 saturated heterocycles. The molecule has 6 nitrogen and oxygen atoms in total. The molecular weight excluding hydrogens is 405 g/mol. The van der Waals surface area contributed by atoms with Crippen molar-refractivity contribution in [1.29, 1.82) is 0 Å². The smallest absolute Gasteiger partial charge is 0.253 e. The Balaban J connectivity index is 0.00000280. The van der Waals surface area contributed by atoms with E-state index in [1.54, 1.807) is 4.90 Å². The molecular formula is C19H23ClFN3O3S. The van der Waals surface area contributed by atoms with E-state index in [0.717, 1.165) is 17.9 Å². The van der Waals surface area contributed by atoms with Crippen LogP contribution in [0.2, 0.25) is 0 Å². The Morgan fingerprint density at radius 1 is 1.21 bits per heavy atom. The van der Waals surface area contributed by atoms with Crippen LogP contribution in [0.25, 0.3) is 0 Å². The molecule has 0 saturated carbocycles. The van der Waals surface area contributed by atoms with E-state index in [9.17, 15) is 17.6 Å². The van der Waals surface area contributed by atoms with Gasteiger partial charge in [0.2, 0.25) is 10.0 Å². The first-order chi connectivity index (χ1) is 12.8. The Morgan fingerprint density at radius 3 is 2.50 bits per heavy atom. The third kappa shape index (κ3) is 5.01. The largest absolute Gasteiger partial charge is 0.338 e. The zero-order valence-electron chi connectivity index (χ0n) is 15.3. The maximum Gasteiger partial charge on any atom is 0.253 e. The topological polar surface area (TPSA) is 92.5 Å². The van der Waals surface area contributed by atoms with Gasteiger partial charge in [0.25, 0.3) is 5.91 Å². The number of halogens is 2. The lowest BCUT2D eigenvalue weighted by atomic mass is 9.89. The number of nitrogens with two attached hydrogens (primary N) is 1. The summed E-state index contributed by atoms with van der Waals surface area (Å²) in [6.07, 6.45) is 0.928. The standard InChI is InChI=1S/C19H22FN3O3S.ClH/c1-27(25,26)22-18-9-14(7-8-17(18)20)19(24)23-11-15(10-21)16(12-23)13-5-3-2-4-6-13;/h2-9,15-16,22H,10-12,21H2,1H3;1H/t15-,16+;/m1./s1. The number of likely N-dealkylation sites (tertiary alicyclic amines) is 1. The van der Waals surface area contributed by atoms with Crippen molar-refractivity contribution in [1.82, 2.24) is 4.90 Å². The molecule has 0 unspecified atom stereocenters. The number of amides is 1. The minimum atomic E-state index is -3.65. The van der Waals surface area contributed by atoms with E-state index in [4.69, 9.17) is 5.73 Å². The molecule has 28 heavy (non-hydrogen) atoms. The molecule has 1 amide bonds. The molecule has 3 N–H and O–H groups in total. The maximum atomic E-state index is 13.9. The van der Waals surface area contributed by atoms with Crippen molar-refractivity contribution in [2.75, 3.05) is 30.6 Å². The van der Waals surface area contributed by atoms with Crippen LogP contribution in [0.4, 0.5) is 10.1 Å². The predicted octanol–water partition coefficient (Wildman–Crippen LogP) is 2.43. The summed E-state index contributed by atoms with van der Waals surface area (Å²) < 4.78 is 38.7. The van der Waals surface area contributed by atoms with Gasteiger partial charge in [0, 0.05) is 24.6 Å². The van der Waals surface area contributed by atoms with E-state index in [2.05, 4.69) is 4.72 Å². The van der Waals surface area contributed by atoms with E-state index in [1.807, 2.05) is 30.3 Å². The van der Waals surface area contributed by atoms with Crippen molar-refractivity contribution >= 4 is 34.0 Å². The van der Waals surface area contributed by atoms with Gasteiger partial charge in [0.05, 0.1) is 11.9 Å². The van der Waals surface area contributed by atoms with Crippen molar-refractivity contribution in [2.24, 2.45) is 11.7 Å². The van der Waals surface area contributed by atoms with Gasteiger partial charge in [-0.1, -0.05) is 30.3 Å². The molecule has 2 atom stereocenters. The minimum absolute atomic E-state index is 0. The molecule has 2 aromatic rings. The average molecular weight is 428 g/mol. The summed E-state index contributed by atoms with van der Waals surface area (Å²) in [7, 11) is -3.65. The van der Waals surface area contributed by atoms with Gasteiger partial charge >= 0.3 is 0 Å². The SMILES string of the molecule is CS(=O)(=O)Nc1cc(C(=O)N2C[C@@H](CN)[C@H](c3ccccc3)C2)ccc1F.Cl. The van der Waals surface area contributed by atoms with Crippen LogP contribution in [0.1, 0.15) is 21.8 Å². The van der Waals surface area contributed by atoms with E-state index in [-0.39, 0.29) is 41.4 Å². The second kappa shape index (κ2) is 8.89. The van der Waals surface area contributed by atoms with Gasteiger partial charge in [0.15, 0.2) is 0 Å². The quantitative estimate of drug-likeness (QED) is 0.766. The van der Waals surface area contributed by atoms with Gasteiger partial charge < -0.3 is 10.6 Å². The Hall–Kier alpha value is -2.16. The van der Waals surface area contributed by atoms with Crippen molar-refractivity contribution < 1.29 is 17.6 Å². The lowest BCUT2D eigenvalue weighted by Crippen LogP contribution is -2.30. The van der Waals surface area contributed by atoms with Crippen LogP contribution in [0.5, 0.6) is 0 Å². The first-order valence-electron chi connectivity index (χ1n) is 8.60. The zero-order valence-corrected chi connectivity index (χ0v) is 17.0. The van der Waals surface area contributed by atoms with Crippen LogP contribution in [-0.2, 0) is 10.0 Å². The molecule has 1 fully saturated rings. The molecule has 1 aliphatic rings. The molecule has 0 radical (unpaired) electrons. The Bertz CT molecular complexity index is 941. The normalized spacial score (nSPS) is 19.2. The fourth-order valence-electron chi connectivity index (χ4n) is 3.47. The molecule has 3 rings (SSSR count). The van der Waals surface area contributed by atoms with Gasteiger partial charge in [-0.2, -0.15) is 0 Å². The second-order valence-corrected chi connectivity index (χ2v) is 8.54. The molecule has 0 spiro atoms. The highest BCUT2D eigenvalue weighted by molar-refractivity contribution is 7.92. The Kier molecular flexibility index (Phi) is 7.03. The molecule has 9 heteroatoms. The fourth-order valence-corrected chi connectivity index (χ4v) is 4.03. The number of anilines is 1. The average Bonchev–Trinajstić information content (AvgIpc) is 3.07. The Morgan fingerprint density at radius 2 is 1.89 bits per heavy atom. The summed E-state index contributed by atoms with van der Waals surface area (Å²) in [6, 6.07) is 13.6. The lowest BCUT2D eigenvalue weighted by Gasteiger charge is -2.17. The molecule has 1 heterocycles. The number of benzene rings is 2. The van der Waals surface area contributed by atoms with E-state index < -0.39 is 15.8 Å². The number of rotatable bonds is 5. The molecule has 1 aliphatic heterocycles.